The molecule has 1 aliphatic rings. The molecule has 0 aromatic heterocycles. The van der Waals surface area contributed by atoms with Gasteiger partial charge in [-0.1, -0.05) is 30.2 Å². The number of ether oxygens (including phenoxy) is 2. The molecule has 0 aliphatic heterocycles. The van der Waals surface area contributed by atoms with Crippen LogP contribution in [-0.2, 0) is 5.41 Å². The molecule has 8 heteroatoms. The SMILES string of the molecule is COc1cc(C(=O)NCC2(c3ccc(Cl)cc3)CCC2)c([N+](=O)[O-])cc1OC. The van der Waals surface area contributed by atoms with Crippen LogP contribution >= 0.6 is 11.6 Å². The summed E-state index contributed by atoms with van der Waals surface area (Å²) < 4.78 is 10.3. The standard InChI is InChI=1S/C20H21ClN2O5/c1-27-17-10-15(16(23(25)26)11-18(17)28-2)19(24)22-12-20(8-3-9-20)13-4-6-14(21)7-5-13/h4-7,10-11H,3,8-9,12H2,1-2H3,(H,22,24). The minimum absolute atomic E-state index is 0.0618. The van der Waals surface area contributed by atoms with Gasteiger partial charge in [0.25, 0.3) is 11.6 Å². The van der Waals surface area contributed by atoms with Gasteiger partial charge in [-0.3, -0.25) is 14.9 Å². The van der Waals surface area contributed by atoms with Crippen LogP contribution in [0.3, 0.4) is 0 Å². The highest BCUT2D eigenvalue weighted by atomic mass is 35.5. The Hall–Kier alpha value is -2.80. The number of nitrogens with zero attached hydrogens (tertiary/aromatic N) is 1. The zero-order chi connectivity index (χ0) is 20.3. The fourth-order valence-electron chi connectivity index (χ4n) is 3.52. The Morgan fingerprint density at radius 3 is 2.29 bits per heavy atom. The third-order valence-electron chi connectivity index (χ3n) is 5.30. The van der Waals surface area contributed by atoms with Gasteiger partial charge in [0.05, 0.1) is 25.2 Å². The molecule has 1 saturated carbocycles. The highest BCUT2D eigenvalue weighted by Crippen LogP contribution is 2.43. The van der Waals surface area contributed by atoms with Crippen LogP contribution in [0.1, 0.15) is 35.2 Å². The van der Waals surface area contributed by atoms with Gasteiger partial charge in [-0.05, 0) is 30.5 Å². The van der Waals surface area contributed by atoms with E-state index < -0.39 is 10.8 Å². The van der Waals surface area contributed by atoms with E-state index >= 15 is 0 Å². The Morgan fingerprint density at radius 2 is 1.79 bits per heavy atom. The van der Waals surface area contributed by atoms with Gasteiger partial charge in [0.1, 0.15) is 5.56 Å². The molecule has 2 aromatic rings. The summed E-state index contributed by atoms with van der Waals surface area (Å²) in [5.41, 5.74) is 0.536. The molecule has 0 unspecified atom stereocenters. The van der Waals surface area contributed by atoms with Gasteiger partial charge in [-0.2, -0.15) is 0 Å². The quantitative estimate of drug-likeness (QED) is 0.553. The topological polar surface area (TPSA) is 90.7 Å². The molecule has 2 aromatic carbocycles. The lowest BCUT2D eigenvalue weighted by atomic mass is 9.64. The van der Waals surface area contributed by atoms with Crippen LogP contribution in [0.5, 0.6) is 11.5 Å². The van der Waals surface area contributed by atoms with Crippen LogP contribution in [-0.4, -0.2) is 31.6 Å². The van der Waals surface area contributed by atoms with Crippen LogP contribution in [0.4, 0.5) is 5.69 Å². The average molecular weight is 405 g/mol. The second kappa shape index (κ2) is 8.06. The number of halogens is 1. The van der Waals surface area contributed by atoms with Gasteiger partial charge in [-0.25, -0.2) is 0 Å². The van der Waals surface area contributed by atoms with Crippen LogP contribution in [0.15, 0.2) is 36.4 Å². The Bertz CT molecular complexity index is 894. The first-order chi connectivity index (χ1) is 13.4. The molecule has 0 radical (unpaired) electrons. The molecule has 0 atom stereocenters. The van der Waals surface area contributed by atoms with Crippen molar-refractivity contribution in [2.45, 2.75) is 24.7 Å². The van der Waals surface area contributed by atoms with Crippen molar-refractivity contribution in [2.75, 3.05) is 20.8 Å². The fraction of sp³-hybridized carbons (Fsp3) is 0.350. The number of nitro groups is 1. The summed E-state index contributed by atoms with van der Waals surface area (Å²) in [7, 11) is 2.79. The van der Waals surface area contributed by atoms with Crippen molar-refractivity contribution in [1.29, 1.82) is 0 Å². The molecule has 0 heterocycles. The lowest BCUT2D eigenvalue weighted by Gasteiger charge is -2.42. The van der Waals surface area contributed by atoms with Gasteiger partial charge in [0.15, 0.2) is 11.5 Å². The number of hydrogen-bond acceptors (Lipinski definition) is 5. The maximum Gasteiger partial charge on any atom is 0.286 e. The van der Waals surface area contributed by atoms with Crippen LogP contribution in [0, 0.1) is 10.1 Å². The predicted molar refractivity (Wildman–Crippen MR) is 106 cm³/mol. The fourth-order valence-corrected chi connectivity index (χ4v) is 3.65. The maximum absolute atomic E-state index is 12.8. The second-order valence-corrected chi connectivity index (χ2v) is 7.24. The Balaban J connectivity index is 1.84. The zero-order valence-corrected chi connectivity index (χ0v) is 16.4. The highest BCUT2D eigenvalue weighted by molar-refractivity contribution is 6.30. The van der Waals surface area contributed by atoms with Gasteiger partial charge in [-0.15, -0.1) is 0 Å². The number of nitro benzene ring substituents is 1. The third-order valence-corrected chi connectivity index (χ3v) is 5.55. The molecule has 0 spiro atoms. The molecule has 148 valence electrons. The van der Waals surface area contributed by atoms with E-state index in [2.05, 4.69) is 5.32 Å². The molecule has 28 heavy (non-hydrogen) atoms. The first kappa shape index (κ1) is 19.9. The van der Waals surface area contributed by atoms with E-state index in [1.807, 2.05) is 24.3 Å². The number of nitrogens with one attached hydrogen (secondary N) is 1. The van der Waals surface area contributed by atoms with Crippen molar-refractivity contribution in [3.63, 3.8) is 0 Å². The molecule has 1 aliphatic carbocycles. The molecule has 0 saturated heterocycles. The van der Waals surface area contributed by atoms with E-state index in [1.165, 1.54) is 26.4 Å². The normalized spacial score (nSPS) is 14.7. The van der Waals surface area contributed by atoms with Crippen LogP contribution in [0.2, 0.25) is 5.02 Å². The van der Waals surface area contributed by atoms with E-state index in [9.17, 15) is 14.9 Å². The van der Waals surface area contributed by atoms with Crippen LogP contribution < -0.4 is 14.8 Å². The molecule has 3 rings (SSSR count). The zero-order valence-electron chi connectivity index (χ0n) is 15.7. The minimum atomic E-state index is -0.602. The van der Waals surface area contributed by atoms with Crippen molar-refractivity contribution >= 4 is 23.2 Å². The number of benzene rings is 2. The predicted octanol–water partition coefficient (Wildman–Crippen LogP) is 4.12. The number of rotatable bonds is 7. The number of methoxy groups -OCH3 is 2. The van der Waals surface area contributed by atoms with E-state index in [0.717, 1.165) is 24.8 Å². The Morgan fingerprint density at radius 1 is 1.18 bits per heavy atom. The lowest BCUT2D eigenvalue weighted by molar-refractivity contribution is -0.385. The molecule has 7 nitrogen and oxygen atoms in total. The first-order valence-corrected chi connectivity index (χ1v) is 9.22. The number of hydrogen-bond donors (Lipinski definition) is 1. The number of amides is 1. The van der Waals surface area contributed by atoms with Crippen molar-refractivity contribution in [3.05, 3.63) is 62.7 Å². The van der Waals surface area contributed by atoms with E-state index in [4.69, 9.17) is 21.1 Å². The monoisotopic (exact) mass is 404 g/mol. The van der Waals surface area contributed by atoms with Crippen molar-refractivity contribution in [1.82, 2.24) is 5.32 Å². The summed E-state index contributed by atoms with van der Waals surface area (Å²) in [6, 6.07) is 10.1. The van der Waals surface area contributed by atoms with Crippen molar-refractivity contribution in [3.8, 4) is 11.5 Å². The van der Waals surface area contributed by atoms with E-state index in [1.54, 1.807) is 0 Å². The minimum Gasteiger partial charge on any atom is -0.493 e. The third kappa shape index (κ3) is 3.75. The van der Waals surface area contributed by atoms with Gasteiger partial charge < -0.3 is 14.8 Å². The largest absolute Gasteiger partial charge is 0.493 e. The number of carbonyl (C=O) groups is 1. The molecule has 1 N–H and O–H groups in total. The highest BCUT2D eigenvalue weighted by Gasteiger charge is 2.39. The summed E-state index contributed by atoms with van der Waals surface area (Å²) in [4.78, 5) is 23.6. The van der Waals surface area contributed by atoms with Gasteiger partial charge in [0.2, 0.25) is 0 Å². The number of carbonyl (C=O) groups excluding carboxylic acids is 1. The smallest absolute Gasteiger partial charge is 0.286 e. The first-order valence-electron chi connectivity index (χ1n) is 8.85. The maximum atomic E-state index is 12.8. The molecule has 0 bridgehead atoms. The van der Waals surface area contributed by atoms with Gasteiger partial charge >= 0.3 is 0 Å². The molecular weight excluding hydrogens is 384 g/mol. The summed E-state index contributed by atoms with van der Waals surface area (Å²) in [5.74, 6) is -0.0652. The van der Waals surface area contributed by atoms with Gasteiger partial charge in [0, 0.05) is 23.0 Å². The summed E-state index contributed by atoms with van der Waals surface area (Å²) >= 11 is 5.98. The lowest BCUT2D eigenvalue weighted by Crippen LogP contribution is -2.45. The van der Waals surface area contributed by atoms with E-state index in [0.29, 0.717) is 11.6 Å². The summed E-state index contributed by atoms with van der Waals surface area (Å²) in [6.45, 7) is 0.388. The Kier molecular flexibility index (Phi) is 5.74. The molecular formula is C20H21ClN2O5. The average Bonchev–Trinajstić information content (AvgIpc) is 2.66. The summed E-state index contributed by atoms with van der Waals surface area (Å²) in [6.07, 6.45) is 2.93. The van der Waals surface area contributed by atoms with Crippen LogP contribution in [0.25, 0.3) is 0 Å². The van der Waals surface area contributed by atoms with E-state index in [-0.39, 0.29) is 28.2 Å². The molecule has 1 amide bonds. The second-order valence-electron chi connectivity index (χ2n) is 6.80. The molecule has 1 fully saturated rings. The summed E-state index contributed by atoms with van der Waals surface area (Å²) in [5, 5.41) is 15.0. The Labute approximate surface area is 167 Å². The van der Waals surface area contributed by atoms with Crippen molar-refractivity contribution < 1.29 is 19.2 Å². The van der Waals surface area contributed by atoms with Crippen molar-refractivity contribution in [2.24, 2.45) is 0 Å².